The van der Waals surface area contributed by atoms with Crippen molar-refractivity contribution in [2.45, 2.75) is 74.0 Å². The molecule has 1 aliphatic heterocycles. The Morgan fingerprint density at radius 1 is 1.10 bits per heavy atom. The third-order valence-electron chi connectivity index (χ3n) is 3.85. The average Bonchev–Trinajstić information content (AvgIpc) is 2.69. The van der Waals surface area contributed by atoms with E-state index in [0.717, 1.165) is 0 Å². The van der Waals surface area contributed by atoms with E-state index < -0.39 is 5.60 Å². The zero-order chi connectivity index (χ0) is 24.4. The fourth-order valence-electron chi connectivity index (χ4n) is 2.53. The summed E-state index contributed by atoms with van der Waals surface area (Å²) in [5.74, 6) is 0.639. The number of hydrogen-bond donors (Lipinski definition) is 0. The predicted molar refractivity (Wildman–Crippen MR) is 131 cm³/mol. The number of halogens is 2. The number of carbonyl (C=O) groups excluding carboxylic acids is 1. The maximum absolute atomic E-state index is 12.2. The van der Waals surface area contributed by atoms with Gasteiger partial charge in [0.05, 0.1) is 16.6 Å². The van der Waals surface area contributed by atoms with Crippen molar-refractivity contribution >= 4 is 46.1 Å². The molecule has 0 N–H and O–H groups in total. The second-order valence-corrected chi connectivity index (χ2v) is 7.76. The van der Waals surface area contributed by atoms with E-state index in [2.05, 4.69) is 15.0 Å². The van der Waals surface area contributed by atoms with Crippen LogP contribution in [0.4, 0.5) is 10.6 Å². The van der Waals surface area contributed by atoms with E-state index in [1.165, 1.54) is 0 Å². The van der Waals surface area contributed by atoms with Crippen LogP contribution in [0.5, 0.6) is 0 Å². The van der Waals surface area contributed by atoms with E-state index in [1.807, 2.05) is 67.2 Å². The summed E-state index contributed by atoms with van der Waals surface area (Å²) in [4.78, 5) is 28.5. The molecule has 3 heterocycles. The average molecular weight is 474 g/mol. The minimum absolute atomic E-state index is 0.0333. The van der Waals surface area contributed by atoms with E-state index in [9.17, 15) is 4.79 Å². The minimum Gasteiger partial charge on any atom is -0.444 e. The lowest BCUT2D eigenvalue weighted by atomic mass is 10.1. The molecule has 1 amide bonds. The van der Waals surface area contributed by atoms with Crippen LogP contribution in [0.3, 0.4) is 0 Å². The van der Waals surface area contributed by atoms with Gasteiger partial charge < -0.3 is 14.5 Å². The summed E-state index contributed by atoms with van der Waals surface area (Å²) >= 11 is 12.0. The third kappa shape index (κ3) is 8.30. The van der Waals surface area contributed by atoms with Crippen molar-refractivity contribution in [3.8, 4) is 0 Å². The Morgan fingerprint density at radius 3 is 2.16 bits per heavy atom. The third-order valence-corrected chi connectivity index (χ3v) is 4.22. The molecule has 1 saturated heterocycles. The van der Waals surface area contributed by atoms with Crippen LogP contribution in [0.15, 0.2) is 12.3 Å². The highest BCUT2D eigenvalue weighted by Crippen LogP contribution is 2.30. The van der Waals surface area contributed by atoms with Gasteiger partial charge in [0.25, 0.3) is 0 Å². The molecule has 1 fully saturated rings. The second kappa shape index (κ2) is 13.5. The first-order valence-corrected chi connectivity index (χ1v) is 11.6. The van der Waals surface area contributed by atoms with E-state index in [-0.39, 0.29) is 17.4 Å². The molecule has 7 nitrogen and oxygen atoms in total. The lowest BCUT2D eigenvalue weighted by Crippen LogP contribution is -2.60. The molecular formula is C22H37Cl2N5O2. The number of rotatable bonds is 2. The van der Waals surface area contributed by atoms with E-state index in [0.29, 0.717) is 35.0 Å². The molecule has 2 aromatic rings. The van der Waals surface area contributed by atoms with Gasteiger partial charge in [-0.2, -0.15) is 4.98 Å². The van der Waals surface area contributed by atoms with Crippen LogP contribution < -0.4 is 4.90 Å². The highest BCUT2D eigenvalue weighted by molar-refractivity contribution is 6.31. The van der Waals surface area contributed by atoms with Gasteiger partial charge in [0, 0.05) is 26.3 Å². The quantitative estimate of drug-likeness (QED) is 0.465. The summed E-state index contributed by atoms with van der Waals surface area (Å²) < 4.78 is 5.39. The maximum Gasteiger partial charge on any atom is 0.410 e. The first kappa shape index (κ1) is 29.1. The molecule has 3 rings (SSSR count). The normalized spacial score (nSPS) is 12.8. The molecule has 0 atom stereocenters. The second-order valence-electron chi connectivity index (χ2n) is 6.99. The Morgan fingerprint density at radius 2 is 1.65 bits per heavy atom. The van der Waals surface area contributed by atoms with Gasteiger partial charge >= 0.3 is 6.09 Å². The molecule has 0 spiro atoms. The van der Waals surface area contributed by atoms with Crippen LogP contribution in [-0.2, 0) is 4.74 Å². The van der Waals surface area contributed by atoms with E-state index >= 15 is 0 Å². The molecule has 0 bridgehead atoms. The molecule has 2 aromatic heterocycles. The molecule has 0 aliphatic carbocycles. The molecule has 176 valence electrons. The maximum atomic E-state index is 12.2. The van der Waals surface area contributed by atoms with Crippen molar-refractivity contribution in [3.05, 3.63) is 22.6 Å². The topological polar surface area (TPSA) is 71.5 Å². The number of likely N-dealkylation sites (N-methyl/N-ethyl adjacent to an activating group) is 1. The van der Waals surface area contributed by atoms with Crippen LogP contribution in [0.1, 0.15) is 62.3 Å². The summed E-state index contributed by atoms with van der Waals surface area (Å²) in [6.45, 7) is 18.8. The van der Waals surface area contributed by atoms with Gasteiger partial charge in [-0.1, -0.05) is 53.1 Å². The van der Waals surface area contributed by atoms with Crippen molar-refractivity contribution < 1.29 is 9.53 Å². The smallest absolute Gasteiger partial charge is 0.410 e. The number of amides is 1. The molecule has 0 saturated carbocycles. The summed E-state index contributed by atoms with van der Waals surface area (Å²) in [5.41, 5.74) is 0.701. The lowest BCUT2D eigenvalue weighted by Gasteiger charge is -2.44. The summed E-state index contributed by atoms with van der Waals surface area (Å²) in [7, 11) is 1.74. The van der Waals surface area contributed by atoms with Gasteiger partial charge in [-0.3, -0.25) is 0 Å². The highest BCUT2D eigenvalue weighted by atomic mass is 35.5. The molecule has 0 unspecified atom stereocenters. The van der Waals surface area contributed by atoms with E-state index in [4.69, 9.17) is 27.9 Å². The first-order valence-electron chi connectivity index (χ1n) is 10.8. The largest absolute Gasteiger partial charge is 0.444 e. The SMILES string of the molecule is CC.CC.CC.CN(C(=O)OC(C)(C)C)C1CN(c2nc(Cl)nc3cc(Cl)cnc23)C1. The van der Waals surface area contributed by atoms with Gasteiger partial charge in [-0.05, 0) is 38.4 Å². The zero-order valence-electron chi connectivity index (χ0n) is 20.5. The van der Waals surface area contributed by atoms with E-state index in [1.54, 1.807) is 24.2 Å². The number of ether oxygens (including phenoxy) is 1. The Labute approximate surface area is 197 Å². The number of anilines is 1. The van der Waals surface area contributed by atoms with Crippen LogP contribution in [0, 0.1) is 0 Å². The lowest BCUT2D eigenvalue weighted by molar-refractivity contribution is 0.0196. The number of fused-ring (bicyclic) bond motifs is 1. The summed E-state index contributed by atoms with van der Waals surface area (Å²) in [6, 6.07) is 1.73. The Hall–Kier alpha value is -1.86. The number of pyridine rings is 1. The number of hydrogen-bond acceptors (Lipinski definition) is 6. The Bertz CT molecular complexity index is 816. The molecule has 0 radical (unpaired) electrons. The minimum atomic E-state index is -0.519. The number of aromatic nitrogens is 3. The van der Waals surface area contributed by atoms with Gasteiger partial charge in [-0.15, -0.1) is 0 Å². The molecule has 0 aromatic carbocycles. The number of nitrogens with zero attached hydrogens (tertiary/aromatic N) is 5. The predicted octanol–water partition coefficient (Wildman–Crippen LogP) is 6.47. The fraction of sp³-hybridized carbons (Fsp3) is 0.636. The van der Waals surface area contributed by atoms with Gasteiger partial charge in [0.15, 0.2) is 5.82 Å². The van der Waals surface area contributed by atoms with Crippen molar-refractivity contribution in [1.29, 1.82) is 0 Å². The van der Waals surface area contributed by atoms with Crippen LogP contribution in [0.2, 0.25) is 10.3 Å². The van der Waals surface area contributed by atoms with Crippen LogP contribution in [0.25, 0.3) is 11.0 Å². The highest BCUT2D eigenvalue weighted by Gasteiger charge is 2.36. The van der Waals surface area contributed by atoms with Crippen molar-refractivity contribution in [2.24, 2.45) is 0 Å². The van der Waals surface area contributed by atoms with Gasteiger partial charge in [0.2, 0.25) is 5.28 Å². The summed E-state index contributed by atoms with van der Waals surface area (Å²) in [6.07, 6.45) is 1.21. The van der Waals surface area contributed by atoms with Crippen molar-refractivity contribution in [1.82, 2.24) is 19.9 Å². The van der Waals surface area contributed by atoms with Crippen LogP contribution in [-0.4, -0.2) is 57.7 Å². The Balaban J connectivity index is 0.00000138. The fourth-order valence-corrected chi connectivity index (χ4v) is 2.85. The van der Waals surface area contributed by atoms with Crippen molar-refractivity contribution in [3.63, 3.8) is 0 Å². The first-order chi connectivity index (χ1) is 14.6. The van der Waals surface area contributed by atoms with Gasteiger partial charge in [0.1, 0.15) is 11.1 Å². The molecule has 1 aliphatic rings. The molecular weight excluding hydrogens is 437 g/mol. The summed E-state index contributed by atoms with van der Waals surface area (Å²) in [5, 5.41) is 0.620. The van der Waals surface area contributed by atoms with Crippen molar-refractivity contribution in [2.75, 3.05) is 25.0 Å². The van der Waals surface area contributed by atoms with Crippen LogP contribution >= 0.6 is 23.2 Å². The molecule has 9 heteroatoms. The monoisotopic (exact) mass is 473 g/mol. The van der Waals surface area contributed by atoms with Gasteiger partial charge in [-0.25, -0.2) is 14.8 Å². The zero-order valence-corrected chi connectivity index (χ0v) is 22.0. The Kier molecular flexibility index (Phi) is 12.7. The molecule has 31 heavy (non-hydrogen) atoms. The number of carbonyl (C=O) groups is 1. The standard InChI is InChI=1S/C16H19Cl2N5O2.3C2H6/c1-16(2,3)25-15(24)22(4)10-7-23(8-10)13-12-11(20-14(18)21-13)5-9(17)6-19-12;3*1-2/h5-6,10H,7-8H2,1-4H3;3*1-2H3.